The number of thiazole rings is 1. The lowest BCUT2D eigenvalue weighted by atomic mass is 9.96. The number of hydrogen-bond acceptors (Lipinski definition) is 4. The molecule has 0 unspecified atom stereocenters. The summed E-state index contributed by atoms with van der Waals surface area (Å²) in [5, 5.41) is 0. The molecule has 0 N–H and O–H groups in total. The molecule has 1 saturated carbocycles. The normalized spacial score (nSPS) is 16.3. The van der Waals surface area contributed by atoms with Gasteiger partial charge >= 0.3 is 0 Å². The summed E-state index contributed by atoms with van der Waals surface area (Å²) in [6.45, 7) is 2.03. The quantitative estimate of drug-likeness (QED) is 0.588. The third kappa shape index (κ3) is 4.37. The van der Waals surface area contributed by atoms with Crippen LogP contribution in [0.25, 0.3) is 10.2 Å². The minimum absolute atomic E-state index is 0.0478. The summed E-state index contributed by atoms with van der Waals surface area (Å²) >= 11 is 1.46. The van der Waals surface area contributed by atoms with Gasteiger partial charge in [0.1, 0.15) is 0 Å². The molecule has 2 aromatic carbocycles. The summed E-state index contributed by atoms with van der Waals surface area (Å²) in [7, 11) is -0.0371. The maximum Gasteiger partial charge on any atom is 0.279 e. The van der Waals surface area contributed by atoms with Crippen LogP contribution < -0.4 is 4.80 Å². The highest BCUT2D eigenvalue weighted by atomic mass is 32.2. The summed E-state index contributed by atoms with van der Waals surface area (Å²) in [5.41, 5.74) is 2.55. The van der Waals surface area contributed by atoms with Crippen molar-refractivity contribution in [3.05, 3.63) is 58.4 Å². The van der Waals surface area contributed by atoms with E-state index in [1.807, 2.05) is 30.7 Å². The number of rotatable bonds is 4. The van der Waals surface area contributed by atoms with E-state index >= 15 is 0 Å². The monoisotopic (exact) mass is 457 g/mol. The Labute approximate surface area is 186 Å². The van der Waals surface area contributed by atoms with E-state index in [2.05, 4.69) is 11.1 Å². The number of nitrogens with zero attached hydrogens (tertiary/aromatic N) is 3. The number of hydrogen-bond donors (Lipinski definition) is 0. The second-order valence-corrected chi connectivity index (χ2v) is 11.2. The van der Waals surface area contributed by atoms with Crippen LogP contribution in [-0.4, -0.2) is 36.3 Å². The first-order chi connectivity index (χ1) is 14.8. The summed E-state index contributed by atoms with van der Waals surface area (Å²) in [6.07, 6.45) is 5.10. The van der Waals surface area contributed by atoms with Crippen LogP contribution in [-0.2, 0) is 17.1 Å². The topological polar surface area (TPSA) is 71.7 Å². The molecule has 0 spiro atoms. The molecule has 0 radical (unpaired) electrons. The standard InChI is InChI=1S/C23H27N3O3S2/c1-16-9-14-20-21(15-16)30-23(25(20)2)24-22(27)17-10-12-19(13-11-17)31(28,29)26(3)18-7-5-4-6-8-18/h9-15,18H,4-8H2,1-3H3. The molecule has 3 aromatic rings. The zero-order valence-electron chi connectivity index (χ0n) is 18.0. The molecule has 0 saturated heterocycles. The number of benzene rings is 2. The second kappa shape index (κ2) is 8.68. The van der Waals surface area contributed by atoms with E-state index in [9.17, 15) is 13.2 Å². The predicted molar refractivity (Wildman–Crippen MR) is 124 cm³/mol. The van der Waals surface area contributed by atoms with Crippen LogP contribution in [0.3, 0.4) is 0 Å². The largest absolute Gasteiger partial charge is 0.319 e. The van der Waals surface area contributed by atoms with Crippen molar-refractivity contribution in [2.45, 2.75) is 50.0 Å². The lowest BCUT2D eigenvalue weighted by Gasteiger charge is -2.30. The van der Waals surface area contributed by atoms with Crippen LogP contribution >= 0.6 is 11.3 Å². The fourth-order valence-corrected chi connectivity index (χ4v) is 6.61. The zero-order valence-corrected chi connectivity index (χ0v) is 19.7. The van der Waals surface area contributed by atoms with Gasteiger partial charge in [0, 0.05) is 25.7 Å². The Balaban J connectivity index is 1.58. The molecular formula is C23H27N3O3S2. The van der Waals surface area contributed by atoms with E-state index in [0.717, 1.165) is 41.5 Å². The number of carbonyl (C=O) groups excluding carboxylic acids is 1. The average Bonchev–Trinajstić information content (AvgIpc) is 3.08. The third-order valence-electron chi connectivity index (χ3n) is 6.03. The molecule has 4 rings (SSSR count). The second-order valence-electron chi connectivity index (χ2n) is 8.17. The van der Waals surface area contributed by atoms with E-state index in [4.69, 9.17) is 0 Å². The molecule has 1 fully saturated rings. The van der Waals surface area contributed by atoms with E-state index in [0.29, 0.717) is 10.4 Å². The lowest BCUT2D eigenvalue weighted by Crippen LogP contribution is -2.38. The maximum atomic E-state index is 13.0. The summed E-state index contributed by atoms with van der Waals surface area (Å²) < 4.78 is 30.4. The Morgan fingerprint density at radius 3 is 2.45 bits per heavy atom. The Morgan fingerprint density at radius 1 is 1.10 bits per heavy atom. The Kier molecular flexibility index (Phi) is 6.14. The van der Waals surface area contributed by atoms with Crippen LogP contribution in [0.1, 0.15) is 48.0 Å². The Hall–Kier alpha value is -2.29. The van der Waals surface area contributed by atoms with E-state index < -0.39 is 10.0 Å². The zero-order chi connectivity index (χ0) is 22.2. The van der Waals surface area contributed by atoms with E-state index in [1.165, 1.54) is 34.2 Å². The van der Waals surface area contributed by atoms with Crippen molar-refractivity contribution in [1.29, 1.82) is 0 Å². The predicted octanol–water partition coefficient (Wildman–Crippen LogP) is 4.24. The molecule has 1 aliphatic rings. The van der Waals surface area contributed by atoms with E-state index in [1.54, 1.807) is 19.2 Å². The van der Waals surface area contributed by atoms with Crippen molar-refractivity contribution in [2.75, 3.05) is 7.05 Å². The Bertz CT molecular complexity index is 1280. The SMILES string of the molecule is Cc1ccc2c(c1)sc(=NC(=O)c1ccc(S(=O)(=O)N(C)C3CCCCC3)cc1)n2C. The number of aromatic nitrogens is 1. The van der Waals surface area contributed by atoms with Gasteiger partial charge in [0.15, 0.2) is 4.80 Å². The number of fused-ring (bicyclic) bond motifs is 1. The van der Waals surface area contributed by atoms with Gasteiger partial charge in [-0.2, -0.15) is 9.30 Å². The lowest BCUT2D eigenvalue weighted by molar-refractivity contribution is 0.0998. The van der Waals surface area contributed by atoms with Crippen LogP contribution in [0.2, 0.25) is 0 Å². The smallest absolute Gasteiger partial charge is 0.279 e. The highest BCUT2D eigenvalue weighted by Crippen LogP contribution is 2.26. The molecule has 0 aliphatic heterocycles. The first-order valence-electron chi connectivity index (χ1n) is 10.5. The maximum absolute atomic E-state index is 13.0. The molecule has 1 amide bonds. The molecule has 0 atom stereocenters. The molecule has 0 bridgehead atoms. The third-order valence-corrected chi connectivity index (χ3v) is 9.05. The van der Waals surface area contributed by atoms with Gasteiger partial charge in [-0.1, -0.05) is 36.7 Å². The first kappa shape index (κ1) is 21.9. The summed E-state index contributed by atoms with van der Waals surface area (Å²) in [4.78, 5) is 17.8. The van der Waals surface area contributed by atoms with Crippen molar-refractivity contribution in [1.82, 2.24) is 8.87 Å². The number of aryl methyl sites for hydroxylation is 2. The van der Waals surface area contributed by atoms with Gasteiger partial charge in [0.25, 0.3) is 5.91 Å². The molecule has 31 heavy (non-hydrogen) atoms. The number of amides is 1. The van der Waals surface area contributed by atoms with Crippen LogP contribution in [0.15, 0.2) is 52.4 Å². The van der Waals surface area contributed by atoms with Gasteiger partial charge in [-0.25, -0.2) is 8.42 Å². The van der Waals surface area contributed by atoms with Crippen LogP contribution in [0.4, 0.5) is 0 Å². The molecule has 8 heteroatoms. The van der Waals surface area contributed by atoms with Gasteiger partial charge < -0.3 is 4.57 Å². The van der Waals surface area contributed by atoms with Gasteiger partial charge in [0.2, 0.25) is 10.0 Å². The summed E-state index contributed by atoms with van der Waals surface area (Å²) in [6, 6.07) is 12.3. The highest BCUT2D eigenvalue weighted by molar-refractivity contribution is 7.89. The molecule has 164 valence electrons. The van der Waals surface area contributed by atoms with Gasteiger partial charge in [-0.15, -0.1) is 0 Å². The summed E-state index contributed by atoms with van der Waals surface area (Å²) in [5.74, 6) is -0.386. The molecule has 1 aliphatic carbocycles. The van der Waals surface area contributed by atoms with Crippen molar-refractivity contribution < 1.29 is 13.2 Å². The van der Waals surface area contributed by atoms with Gasteiger partial charge in [-0.05, 0) is 61.7 Å². The molecule has 1 heterocycles. The minimum Gasteiger partial charge on any atom is -0.319 e. The van der Waals surface area contributed by atoms with Crippen molar-refractivity contribution in [3.8, 4) is 0 Å². The van der Waals surface area contributed by atoms with Gasteiger partial charge in [-0.3, -0.25) is 4.79 Å². The van der Waals surface area contributed by atoms with Crippen molar-refractivity contribution in [2.24, 2.45) is 12.0 Å². The Morgan fingerprint density at radius 2 is 1.77 bits per heavy atom. The fourth-order valence-electron chi connectivity index (χ4n) is 4.08. The van der Waals surface area contributed by atoms with Crippen LogP contribution in [0.5, 0.6) is 0 Å². The highest BCUT2D eigenvalue weighted by Gasteiger charge is 2.29. The van der Waals surface area contributed by atoms with E-state index in [-0.39, 0.29) is 16.8 Å². The fraction of sp³-hybridized carbons (Fsp3) is 0.391. The molecular weight excluding hydrogens is 430 g/mol. The molecule has 6 nitrogen and oxygen atoms in total. The first-order valence-corrected chi connectivity index (χ1v) is 12.8. The average molecular weight is 458 g/mol. The van der Waals surface area contributed by atoms with Crippen molar-refractivity contribution >= 4 is 37.5 Å². The molecule has 1 aromatic heterocycles. The van der Waals surface area contributed by atoms with Crippen LogP contribution in [0, 0.1) is 6.92 Å². The van der Waals surface area contributed by atoms with Crippen molar-refractivity contribution in [3.63, 3.8) is 0 Å². The minimum atomic E-state index is -3.58. The number of sulfonamides is 1. The number of carbonyl (C=O) groups is 1. The van der Waals surface area contributed by atoms with Gasteiger partial charge in [0.05, 0.1) is 15.1 Å².